The molecule has 1 aromatic carbocycles. The molecule has 7 heteroatoms. The van der Waals surface area contributed by atoms with Crippen molar-refractivity contribution in [1.29, 1.82) is 0 Å². The highest BCUT2D eigenvalue weighted by Gasteiger charge is 2.22. The second-order valence-electron chi connectivity index (χ2n) is 9.66. The maximum absolute atomic E-state index is 11.3. The fourth-order valence-corrected chi connectivity index (χ4v) is 4.66. The Morgan fingerprint density at radius 2 is 1.78 bits per heavy atom. The lowest BCUT2D eigenvalue weighted by molar-refractivity contribution is -0.122. The average Bonchev–Trinajstić information content (AvgIpc) is 2.86. The van der Waals surface area contributed by atoms with Gasteiger partial charge in [0.15, 0.2) is 6.73 Å². The Morgan fingerprint density at radius 1 is 1.14 bits per heavy atom. The van der Waals surface area contributed by atoms with Crippen molar-refractivity contribution in [1.82, 2.24) is 9.88 Å². The van der Waals surface area contributed by atoms with E-state index in [1.165, 1.54) is 11.1 Å². The molecule has 0 bridgehead atoms. The summed E-state index contributed by atoms with van der Waals surface area (Å²) < 4.78 is 0. The van der Waals surface area contributed by atoms with Crippen molar-refractivity contribution in [3.63, 3.8) is 0 Å². The zero-order valence-electron chi connectivity index (χ0n) is 22.6. The van der Waals surface area contributed by atoms with Gasteiger partial charge >= 0.3 is 0 Å². The number of hydrogen-bond acceptors (Lipinski definition) is 7. The number of carbonyl (C=O) groups excluding carboxylic acids is 1. The number of nitrogens with two attached hydrogens (primary N) is 2. The molecule has 3 rings (SSSR count). The van der Waals surface area contributed by atoms with E-state index in [4.69, 9.17) is 16.3 Å². The fraction of sp³-hybridized carbons (Fsp3) is 0.552. The maximum atomic E-state index is 11.3. The van der Waals surface area contributed by atoms with Crippen LogP contribution in [0, 0.1) is 18.8 Å². The van der Waals surface area contributed by atoms with Crippen molar-refractivity contribution in [2.24, 2.45) is 22.7 Å². The molecule has 4 N–H and O–H groups in total. The zero-order valence-corrected chi connectivity index (χ0v) is 22.6. The van der Waals surface area contributed by atoms with E-state index in [9.17, 15) is 4.79 Å². The molecule has 1 aliphatic rings. The number of pyridine rings is 1. The predicted octanol–water partition coefficient (Wildman–Crippen LogP) is 5.31. The lowest BCUT2D eigenvalue weighted by Crippen LogP contribution is -2.35. The average molecular weight is 496 g/mol. The third kappa shape index (κ3) is 10.1. The van der Waals surface area contributed by atoms with Gasteiger partial charge in [0.25, 0.3) is 0 Å². The van der Waals surface area contributed by atoms with E-state index < -0.39 is 0 Å². The van der Waals surface area contributed by atoms with Crippen molar-refractivity contribution >= 4 is 17.3 Å². The number of benzene rings is 1. The van der Waals surface area contributed by atoms with Crippen LogP contribution in [-0.4, -0.2) is 41.2 Å². The summed E-state index contributed by atoms with van der Waals surface area (Å²) in [5.41, 5.74) is 15.7. The van der Waals surface area contributed by atoms with Gasteiger partial charge in [0.1, 0.15) is 11.6 Å². The smallest absolute Gasteiger partial charge is 0.165 e. The number of piperidine rings is 1. The molecule has 1 saturated heterocycles. The minimum atomic E-state index is 0.125. The molecule has 0 saturated carbocycles. The summed E-state index contributed by atoms with van der Waals surface area (Å²) in [5, 5.41) is 4.27. The number of aryl methyl sites for hydroxylation is 1. The SMILES string of the molecule is CC(=O)C1CCN(Cc2ccnc(N)c2)CC1.CCCC(CCC)C(=NOCN)c1ccc(C)cc1. The van der Waals surface area contributed by atoms with Crippen molar-refractivity contribution in [3.8, 4) is 0 Å². The summed E-state index contributed by atoms with van der Waals surface area (Å²) in [6.45, 7) is 11.2. The number of aromatic nitrogens is 1. The van der Waals surface area contributed by atoms with Crippen LogP contribution in [0.3, 0.4) is 0 Å². The first-order valence-corrected chi connectivity index (χ1v) is 13.3. The first kappa shape index (κ1) is 29.5. The van der Waals surface area contributed by atoms with E-state index >= 15 is 0 Å². The Balaban J connectivity index is 0.000000255. The topological polar surface area (TPSA) is 107 Å². The first-order valence-electron chi connectivity index (χ1n) is 13.3. The van der Waals surface area contributed by atoms with Crippen LogP contribution in [0.4, 0.5) is 5.82 Å². The first-order chi connectivity index (χ1) is 17.4. The minimum absolute atomic E-state index is 0.125. The highest BCUT2D eigenvalue weighted by Crippen LogP contribution is 2.22. The second-order valence-corrected chi connectivity index (χ2v) is 9.66. The Morgan fingerprint density at radius 3 is 2.31 bits per heavy atom. The van der Waals surface area contributed by atoms with Crippen LogP contribution in [0.25, 0.3) is 0 Å². The molecule has 0 aliphatic carbocycles. The van der Waals surface area contributed by atoms with Crippen LogP contribution in [0.2, 0.25) is 0 Å². The molecule has 1 aromatic heterocycles. The fourth-order valence-electron chi connectivity index (χ4n) is 4.66. The molecule has 0 radical (unpaired) electrons. The zero-order chi connectivity index (χ0) is 26.3. The number of rotatable bonds is 11. The Hall–Kier alpha value is -2.77. The van der Waals surface area contributed by atoms with Crippen LogP contribution in [0.1, 0.15) is 76.0 Å². The van der Waals surface area contributed by atoms with Crippen LogP contribution < -0.4 is 11.5 Å². The number of hydrogen-bond donors (Lipinski definition) is 2. The molecule has 1 fully saturated rings. The molecular weight excluding hydrogens is 450 g/mol. The molecule has 2 heterocycles. The van der Waals surface area contributed by atoms with Gasteiger partial charge in [0, 0.05) is 24.6 Å². The largest absolute Gasteiger partial charge is 0.384 e. The lowest BCUT2D eigenvalue weighted by atomic mass is 9.89. The standard InChI is InChI=1S/C16H26N2O.C13H19N3O/c1-4-6-14(7-5-2)16(18-19-12-17)15-10-8-13(3)9-11-15;1-10(17)12-3-6-16(7-4-12)9-11-2-5-15-13(14)8-11/h8-11,14H,4-7,12,17H2,1-3H3;2,5,8,12H,3-4,6-7,9H2,1H3,(H2,14,15). The van der Waals surface area contributed by atoms with Crippen molar-refractivity contribution in [3.05, 3.63) is 59.3 Å². The third-order valence-corrected chi connectivity index (χ3v) is 6.66. The Bertz CT molecular complexity index is 931. The van der Waals surface area contributed by atoms with Crippen LogP contribution >= 0.6 is 0 Å². The van der Waals surface area contributed by atoms with Gasteiger partial charge in [0.05, 0.1) is 5.71 Å². The van der Waals surface area contributed by atoms with E-state index in [2.05, 4.69) is 60.1 Å². The monoisotopic (exact) mass is 495 g/mol. The Labute approximate surface area is 217 Å². The minimum Gasteiger partial charge on any atom is -0.384 e. The van der Waals surface area contributed by atoms with Crippen LogP contribution in [-0.2, 0) is 16.2 Å². The van der Waals surface area contributed by atoms with Gasteiger partial charge in [-0.2, -0.15) is 0 Å². The second kappa shape index (κ2) is 16.1. The summed E-state index contributed by atoms with van der Waals surface area (Å²) in [6, 6.07) is 12.4. The third-order valence-electron chi connectivity index (χ3n) is 6.66. The van der Waals surface area contributed by atoms with Gasteiger partial charge in [0.2, 0.25) is 0 Å². The summed E-state index contributed by atoms with van der Waals surface area (Å²) >= 11 is 0. The van der Waals surface area contributed by atoms with Gasteiger partial charge in [-0.25, -0.2) is 4.98 Å². The molecule has 0 amide bonds. The summed E-state index contributed by atoms with van der Waals surface area (Å²) in [4.78, 5) is 22.7. The van der Waals surface area contributed by atoms with Crippen LogP contribution in [0.5, 0.6) is 0 Å². The van der Waals surface area contributed by atoms with Gasteiger partial charge in [-0.3, -0.25) is 15.4 Å². The number of oxime groups is 1. The van der Waals surface area contributed by atoms with E-state index in [1.807, 2.05) is 12.1 Å². The molecule has 36 heavy (non-hydrogen) atoms. The predicted molar refractivity (Wildman–Crippen MR) is 148 cm³/mol. The van der Waals surface area contributed by atoms with E-state index in [0.717, 1.165) is 69.4 Å². The highest BCUT2D eigenvalue weighted by molar-refractivity contribution is 6.01. The summed E-state index contributed by atoms with van der Waals surface area (Å²) in [6.07, 6.45) is 8.28. The number of Topliss-reactive ketones (excluding diaryl/α,β-unsaturated/α-hetero) is 1. The van der Waals surface area contributed by atoms with Gasteiger partial charge in [-0.1, -0.05) is 61.7 Å². The molecule has 0 spiro atoms. The van der Waals surface area contributed by atoms with E-state index in [1.54, 1.807) is 13.1 Å². The van der Waals surface area contributed by atoms with Crippen LogP contribution in [0.15, 0.2) is 47.8 Å². The number of ketones is 1. The summed E-state index contributed by atoms with van der Waals surface area (Å²) in [7, 11) is 0. The molecule has 198 valence electrons. The molecular formula is C29H45N5O2. The highest BCUT2D eigenvalue weighted by atomic mass is 16.6. The number of nitrogens with zero attached hydrogens (tertiary/aromatic N) is 3. The van der Waals surface area contributed by atoms with Gasteiger partial charge in [-0.05, 0) is 75.9 Å². The summed E-state index contributed by atoms with van der Waals surface area (Å²) in [5.74, 6) is 1.62. The molecule has 1 aliphatic heterocycles. The van der Waals surface area contributed by atoms with Gasteiger partial charge < -0.3 is 10.6 Å². The Kier molecular flexibility index (Phi) is 13.1. The number of carbonyl (C=O) groups is 1. The van der Waals surface area contributed by atoms with Gasteiger partial charge in [-0.15, -0.1) is 0 Å². The molecule has 0 atom stereocenters. The van der Waals surface area contributed by atoms with Crippen molar-refractivity contribution in [2.45, 2.75) is 72.8 Å². The number of likely N-dealkylation sites (tertiary alicyclic amines) is 1. The quantitative estimate of drug-likeness (QED) is 0.248. The van der Waals surface area contributed by atoms with E-state index in [-0.39, 0.29) is 12.6 Å². The van der Waals surface area contributed by atoms with Crippen molar-refractivity contribution < 1.29 is 9.63 Å². The molecule has 0 unspecified atom stereocenters. The van der Waals surface area contributed by atoms with Crippen molar-refractivity contribution in [2.75, 3.05) is 25.6 Å². The molecule has 2 aromatic rings. The maximum Gasteiger partial charge on any atom is 0.165 e. The molecule has 7 nitrogen and oxygen atoms in total. The number of anilines is 1. The number of nitrogen functional groups attached to an aromatic ring is 1. The van der Waals surface area contributed by atoms with E-state index in [0.29, 0.717) is 17.5 Å². The lowest BCUT2D eigenvalue weighted by Gasteiger charge is -2.30. The normalized spacial score (nSPS) is 14.9.